The van der Waals surface area contributed by atoms with Gasteiger partial charge in [-0.2, -0.15) is 0 Å². The van der Waals surface area contributed by atoms with Crippen LogP contribution in [0.2, 0.25) is 0 Å². The van der Waals surface area contributed by atoms with Gasteiger partial charge in [-0.1, -0.05) is 18.2 Å². The summed E-state index contributed by atoms with van der Waals surface area (Å²) >= 11 is 0. The molecule has 3 aromatic rings. The van der Waals surface area contributed by atoms with Crippen LogP contribution in [0.1, 0.15) is 23.8 Å². The van der Waals surface area contributed by atoms with Crippen molar-refractivity contribution in [3.05, 3.63) is 53.9 Å². The van der Waals surface area contributed by atoms with E-state index < -0.39 is 0 Å². The molecule has 0 bridgehead atoms. The summed E-state index contributed by atoms with van der Waals surface area (Å²) in [5, 5.41) is 11.3. The summed E-state index contributed by atoms with van der Waals surface area (Å²) in [6.45, 7) is 2.65. The summed E-state index contributed by atoms with van der Waals surface area (Å²) in [5.41, 5.74) is 1.53. The Hall–Kier alpha value is -2.96. The molecule has 128 valence electrons. The van der Waals surface area contributed by atoms with Crippen LogP contribution < -0.4 is 5.32 Å². The lowest BCUT2D eigenvalue weighted by atomic mass is 10.1. The zero-order chi connectivity index (χ0) is 17.2. The van der Waals surface area contributed by atoms with E-state index in [2.05, 4.69) is 25.1 Å². The quantitative estimate of drug-likeness (QED) is 0.786. The van der Waals surface area contributed by atoms with Gasteiger partial charge in [0.2, 0.25) is 11.8 Å². The first-order chi connectivity index (χ1) is 12.2. The van der Waals surface area contributed by atoms with E-state index in [1.54, 1.807) is 6.26 Å². The normalized spacial score (nSPS) is 16.4. The maximum absolute atomic E-state index is 12.3. The van der Waals surface area contributed by atoms with Gasteiger partial charge in [0.1, 0.15) is 17.9 Å². The van der Waals surface area contributed by atoms with Gasteiger partial charge in [-0.25, -0.2) is 4.98 Å². The van der Waals surface area contributed by atoms with Crippen molar-refractivity contribution < 1.29 is 9.21 Å². The van der Waals surface area contributed by atoms with Gasteiger partial charge >= 0.3 is 0 Å². The Labute approximate surface area is 145 Å². The van der Waals surface area contributed by atoms with Crippen molar-refractivity contribution in [3.63, 3.8) is 0 Å². The topological polar surface area (TPSA) is 85.8 Å². The largest absolute Gasteiger partial charge is 0.444 e. The molecule has 25 heavy (non-hydrogen) atoms. The van der Waals surface area contributed by atoms with Gasteiger partial charge in [0.05, 0.1) is 12.1 Å². The van der Waals surface area contributed by atoms with Crippen LogP contribution in [0.3, 0.4) is 0 Å². The standard InChI is InChI=1S/C18H19N5O2/c1-12-21-22-16-8-7-14(10-23(12)16)19-17(24)9-15-11-25-18(20-15)13-5-3-2-4-6-13/h2-6,11,14H,7-10H2,1H3,(H,19,24). The molecule has 0 aliphatic carbocycles. The number of nitrogens with one attached hydrogen (secondary N) is 1. The highest BCUT2D eigenvalue weighted by atomic mass is 16.3. The number of aromatic nitrogens is 4. The van der Waals surface area contributed by atoms with Crippen LogP contribution in [0.15, 0.2) is 41.0 Å². The Morgan fingerprint density at radius 1 is 1.32 bits per heavy atom. The number of oxazole rings is 1. The summed E-state index contributed by atoms with van der Waals surface area (Å²) in [6, 6.07) is 9.74. The molecule has 1 amide bonds. The number of amides is 1. The number of benzene rings is 1. The molecule has 0 radical (unpaired) electrons. The number of carbonyl (C=O) groups excluding carboxylic acids is 1. The Balaban J connectivity index is 1.37. The van der Waals surface area contributed by atoms with E-state index in [9.17, 15) is 4.79 Å². The Bertz CT molecular complexity index is 884. The summed E-state index contributed by atoms with van der Waals surface area (Å²) < 4.78 is 7.55. The summed E-state index contributed by atoms with van der Waals surface area (Å²) in [4.78, 5) is 16.7. The number of rotatable bonds is 4. The fourth-order valence-corrected chi connectivity index (χ4v) is 3.12. The highest BCUT2D eigenvalue weighted by molar-refractivity contribution is 5.78. The zero-order valence-corrected chi connectivity index (χ0v) is 14.0. The lowest BCUT2D eigenvalue weighted by molar-refractivity contribution is -0.121. The minimum Gasteiger partial charge on any atom is -0.444 e. The monoisotopic (exact) mass is 337 g/mol. The van der Waals surface area contributed by atoms with Crippen molar-refractivity contribution in [2.75, 3.05) is 0 Å². The van der Waals surface area contributed by atoms with Crippen molar-refractivity contribution in [1.29, 1.82) is 0 Å². The van der Waals surface area contributed by atoms with E-state index >= 15 is 0 Å². The molecule has 1 aliphatic heterocycles. The molecule has 7 heteroatoms. The predicted molar refractivity (Wildman–Crippen MR) is 90.7 cm³/mol. The molecule has 3 heterocycles. The number of nitrogens with zero attached hydrogens (tertiary/aromatic N) is 4. The second-order valence-corrected chi connectivity index (χ2v) is 6.26. The lowest BCUT2D eigenvalue weighted by Gasteiger charge is -2.24. The van der Waals surface area contributed by atoms with Crippen molar-refractivity contribution in [2.45, 2.75) is 38.8 Å². The highest BCUT2D eigenvalue weighted by Gasteiger charge is 2.23. The molecule has 0 saturated heterocycles. The first-order valence-corrected chi connectivity index (χ1v) is 8.37. The molecule has 7 nitrogen and oxygen atoms in total. The first-order valence-electron chi connectivity index (χ1n) is 8.37. The van der Waals surface area contributed by atoms with Crippen LogP contribution in [0.5, 0.6) is 0 Å². The van der Waals surface area contributed by atoms with Gasteiger partial charge in [-0.15, -0.1) is 10.2 Å². The van der Waals surface area contributed by atoms with E-state index in [1.165, 1.54) is 0 Å². The predicted octanol–water partition coefficient (Wildman–Crippen LogP) is 1.92. The Morgan fingerprint density at radius 3 is 3.00 bits per heavy atom. The fraction of sp³-hybridized carbons (Fsp3) is 0.333. The van der Waals surface area contributed by atoms with Gasteiger partial charge < -0.3 is 14.3 Å². The number of carbonyl (C=O) groups is 1. The number of hydrogen-bond donors (Lipinski definition) is 1. The number of hydrogen-bond acceptors (Lipinski definition) is 5. The minimum absolute atomic E-state index is 0.0490. The van der Waals surface area contributed by atoms with E-state index in [0.717, 1.165) is 30.1 Å². The van der Waals surface area contributed by atoms with Crippen molar-refractivity contribution >= 4 is 5.91 Å². The number of fused-ring (bicyclic) bond motifs is 1. The third-order valence-electron chi connectivity index (χ3n) is 4.41. The third kappa shape index (κ3) is 3.31. The SMILES string of the molecule is Cc1nnc2n1CC(NC(=O)Cc1coc(-c3ccccc3)n1)CC2. The maximum Gasteiger partial charge on any atom is 0.226 e. The third-order valence-corrected chi connectivity index (χ3v) is 4.41. The van der Waals surface area contributed by atoms with Gasteiger partial charge in [0.25, 0.3) is 0 Å². The van der Waals surface area contributed by atoms with Gasteiger partial charge in [-0.05, 0) is 25.5 Å². The van der Waals surface area contributed by atoms with E-state index in [-0.39, 0.29) is 18.4 Å². The first kappa shape index (κ1) is 15.6. The fourth-order valence-electron chi connectivity index (χ4n) is 3.12. The molecule has 1 aliphatic rings. The Morgan fingerprint density at radius 2 is 2.16 bits per heavy atom. The molecule has 0 saturated carbocycles. The average Bonchev–Trinajstić information content (AvgIpc) is 3.23. The molecule has 1 atom stereocenters. The van der Waals surface area contributed by atoms with E-state index in [1.807, 2.05) is 37.3 Å². The van der Waals surface area contributed by atoms with Crippen LogP contribution in [0, 0.1) is 6.92 Å². The Kier molecular flexibility index (Phi) is 4.05. The molecule has 1 unspecified atom stereocenters. The molecule has 4 rings (SSSR count). The maximum atomic E-state index is 12.3. The summed E-state index contributed by atoms with van der Waals surface area (Å²) in [5.74, 6) is 2.36. The van der Waals surface area contributed by atoms with Crippen LogP contribution in [-0.4, -0.2) is 31.7 Å². The van der Waals surface area contributed by atoms with E-state index in [4.69, 9.17) is 4.42 Å². The smallest absolute Gasteiger partial charge is 0.226 e. The molecule has 1 aromatic carbocycles. The molecular formula is C18H19N5O2. The van der Waals surface area contributed by atoms with E-state index in [0.29, 0.717) is 18.1 Å². The second kappa shape index (κ2) is 6.51. The van der Waals surface area contributed by atoms with Gasteiger partial charge in [0.15, 0.2) is 0 Å². The molecule has 0 fully saturated rings. The van der Waals surface area contributed by atoms with Gasteiger partial charge in [-0.3, -0.25) is 4.79 Å². The van der Waals surface area contributed by atoms with Crippen molar-refractivity contribution in [2.24, 2.45) is 0 Å². The van der Waals surface area contributed by atoms with Crippen molar-refractivity contribution in [3.8, 4) is 11.5 Å². The number of aryl methyl sites for hydroxylation is 2. The zero-order valence-electron chi connectivity index (χ0n) is 14.0. The van der Waals surface area contributed by atoms with Crippen molar-refractivity contribution in [1.82, 2.24) is 25.1 Å². The van der Waals surface area contributed by atoms with Gasteiger partial charge in [0, 0.05) is 24.6 Å². The van der Waals surface area contributed by atoms with Crippen LogP contribution in [0.25, 0.3) is 11.5 Å². The minimum atomic E-state index is -0.0490. The van der Waals surface area contributed by atoms with Crippen LogP contribution in [-0.2, 0) is 24.2 Å². The molecule has 0 spiro atoms. The summed E-state index contributed by atoms with van der Waals surface area (Å²) in [7, 11) is 0. The second-order valence-electron chi connectivity index (χ2n) is 6.26. The van der Waals surface area contributed by atoms with Crippen LogP contribution in [0.4, 0.5) is 0 Å². The lowest BCUT2D eigenvalue weighted by Crippen LogP contribution is -2.41. The van der Waals surface area contributed by atoms with Crippen LogP contribution >= 0.6 is 0 Å². The highest BCUT2D eigenvalue weighted by Crippen LogP contribution is 2.18. The molecule has 2 aromatic heterocycles. The average molecular weight is 337 g/mol. The molecule has 1 N–H and O–H groups in total. The summed E-state index contributed by atoms with van der Waals surface area (Å²) in [6.07, 6.45) is 3.46. The molecular weight excluding hydrogens is 318 g/mol.